The fourth-order valence-corrected chi connectivity index (χ4v) is 0.335. The molecule has 2 nitrogen and oxygen atoms in total. The Morgan fingerprint density at radius 2 is 2.11 bits per heavy atom. The zero-order chi connectivity index (χ0) is 7.28. The molecule has 1 rings (SSSR count). The van der Waals surface area contributed by atoms with Gasteiger partial charge in [-0.3, -0.25) is 0 Å². The highest BCUT2D eigenvalue weighted by molar-refractivity contribution is 6.18. The molecule has 9 heavy (non-hydrogen) atoms. The van der Waals surface area contributed by atoms with Crippen LogP contribution >= 0.6 is 11.6 Å². The molecule has 0 N–H and O–H groups in total. The summed E-state index contributed by atoms with van der Waals surface area (Å²) in [6.45, 7) is 3.93. The number of alkyl halides is 1. The minimum atomic E-state index is 0.167. The highest BCUT2D eigenvalue weighted by atomic mass is 35.5. The summed E-state index contributed by atoms with van der Waals surface area (Å²) in [6, 6.07) is 0. The van der Waals surface area contributed by atoms with Gasteiger partial charge in [-0.25, -0.2) is 0 Å². The fraction of sp³-hybridized carbons (Fsp3) is 0.833. The summed E-state index contributed by atoms with van der Waals surface area (Å²) in [4.78, 5) is 9.44. The molecule has 1 atom stereocenters. The molecular weight excluding hydrogens is 140 g/mol. The molecule has 1 fully saturated rings. The predicted molar refractivity (Wildman–Crippen MR) is 36.8 cm³/mol. The van der Waals surface area contributed by atoms with Crippen LogP contribution in [-0.2, 0) is 9.53 Å². The van der Waals surface area contributed by atoms with Crippen molar-refractivity contribution in [3.63, 3.8) is 0 Å². The minimum Gasteiger partial charge on any atom is -0.372 e. The number of ether oxygens (including phenoxy) is 1. The van der Waals surface area contributed by atoms with Crippen molar-refractivity contribution >= 4 is 17.4 Å². The van der Waals surface area contributed by atoms with Gasteiger partial charge in [0.05, 0.1) is 18.6 Å². The summed E-state index contributed by atoms with van der Waals surface area (Å²) in [6.07, 6.45) is 0.400. The largest absolute Gasteiger partial charge is 0.372 e. The van der Waals surface area contributed by atoms with Crippen molar-refractivity contribution in [3.8, 4) is 0 Å². The van der Waals surface area contributed by atoms with Gasteiger partial charge in [0, 0.05) is 0 Å². The first kappa shape index (κ1) is 8.92. The molecule has 0 amide bonds. The second-order valence-electron chi connectivity index (χ2n) is 2.02. The van der Waals surface area contributed by atoms with Gasteiger partial charge in [-0.2, -0.15) is 0 Å². The van der Waals surface area contributed by atoms with Gasteiger partial charge in [0.1, 0.15) is 5.78 Å². The summed E-state index contributed by atoms with van der Waals surface area (Å²) >= 11 is 5.27. The Labute approximate surface area is 60.1 Å². The van der Waals surface area contributed by atoms with Crippen LogP contribution in [-0.4, -0.2) is 24.4 Å². The van der Waals surface area contributed by atoms with Gasteiger partial charge in [-0.1, -0.05) is 0 Å². The van der Waals surface area contributed by atoms with E-state index in [0.29, 0.717) is 12.0 Å². The minimum absolute atomic E-state index is 0.167. The molecule has 0 saturated carbocycles. The molecule has 1 heterocycles. The Bertz CT molecular complexity index is 85.1. The lowest BCUT2D eigenvalue weighted by atomic mass is 10.6. The number of carbonyl (C=O) groups is 1. The third kappa shape index (κ3) is 11.5. The van der Waals surface area contributed by atoms with E-state index < -0.39 is 0 Å². The maximum absolute atomic E-state index is 9.44. The van der Waals surface area contributed by atoms with Gasteiger partial charge in [-0.15, -0.1) is 11.6 Å². The van der Waals surface area contributed by atoms with E-state index in [0.717, 1.165) is 6.61 Å². The van der Waals surface area contributed by atoms with Crippen LogP contribution in [0.2, 0.25) is 0 Å². The highest BCUT2D eigenvalue weighted by Gasteiger charge is 2.19. The van der Waals surface area contributed by atoms with Crippen LogP contribution in [0.5, 0.6) is 0 Å². The highest BCUT2D eigenvalue weighted by Crippen LogP contribution is 2.08. The van der Waals surface area contributed by atoms with Crippen molar-refractivity contribution in [2.45, 2.75) is 20.0 Å². The Morgan fingerprint density at radius 3 is 2.11 bits per heavy atom. The van der Waals surface area contributed by atoms with E-state index in [1.807, 2.05) is 0 Å². The number of halogens is 1. The number of ketones is 1. The van der Waals surface area contributed by atoms with Crippen LogP contribution in [0.15, 0.2) is 0 Å². The van der Waals surface area contributed by atoms with Gasteiger partial charge >= 0.3 is 0 Å². The maximum atomic E-state index is 9.44. The Kier molecular flexibility index (Phi) is 4.72. The first-order valence-electron chi connectivity index (χ1n) is 2.81. The number of epoxide rings is 1. The van der Waals surface area contributed by atoms with Crippen molar-refractivity contribution in [1.82, 2.24) is 0 Å². The molecular formula is C6H11ClO2. The first-order chi connectivity index (χ1) is 4.16. The smallest absolute Gasteiger partial charge is 0.126 e. The van der Waals surface area contributed by atoms with E-state index in [1.165, 1.54) is 13.8 Å². The molecule has 54 valence electrons. The monoisotopic (exact) mass is 150 g/mol. The van der Waals surface area contributed by atoms with Gasteiger partial charge in [0.15, 0.2) is 0 Å². The maximum Gasteiger partial charge on any atom is 0.126 e. The van der Waals surface area contributed by atoms with Gasteiger partial charge in [-0.05, 0) is 13.8 Å². The normalized spacial score (nSPS) is 21.9. The van der Waals surface area contributed by atoms with Crippen molar-refractivity contribution in [3.05, 3.63) is 0 Å². The van der Waals surface area contributed by atoms with Gasteiger partial charge in [0.2, 0.25) is 0 Å². The average molecular weight is 151 g/mol. The lowest BCUT2D eigenvalue weighted by molar-refractivity contribution is -0.114. The zero-order valence-electron chi connectivity index (χ0n) is 5.69. The molecule has 0 aliphatic carbocycles. The lowest BCUT2D eigenvalue weighted by Crippen LogP contribution is -1.80. The van der Waals surface area contributed by atoms with Crippen LogP contribution in [0.3, 0.4) is 0 Å². The quantitative estimate of drug-likeness (QED) is 0.416. The summed E-state index contributed by atoms with van der Waals surface area (Å²) in [5.74, 6) is 0.833. The van der Waals surface area contributed by atoms with Crippen LogP contribution in [0.1, 0.15) is 13.8 Å². The van der Waals surface area contributed by atoms with Crippen LogP contribution in [0.4, 0.5) is 0 Å². The second kappa shape index (κ2) is 4.77. The Hall–Kier alpha value is -0.0800. The van der Waals surface area contributed by atoms with Crippen LogP contribution < -0.4 is 0 Å². The number of Topliss-reactive ketones (excluding diaryl/α,β-unsaturated/α-hetero) is 1. The second-order valence-corrected chi connectivity index (χ2v) is 2.33. The number of rotatable bonds is 1. The van der Waals surface area contributed by atoms with Crippen molar-refractivity contribution < 1.29 is 9.53 Å². The lowest BCUT2D eigenvalue weighted by Gasteiger charge is -1.67. The standard InChI is InChI=1S/C3H5ClO.C3H6O/c4-1-3-2-5-3;1-3(2)4/h3H,1-2H2;1-2H3. The van der Waals surface area contributed by atoms with E-state index in [9.17, 15) is 4.79 Å². The van der Waals surface area contributed by atoms with Crippen molar-refractivity contribution in [1.29, 1.82) is 0 Å². The van der Waals surface area contributed by atoms with E-state index in [1.54, 1.807) is 0 Å². The summed E-state index contributed by atoms with van der Waals surface area (Å²) < 4.78 is 4.73. The third-order valence-electron chi connectivity index (χ3n) is 0.574. The Balaban J connectivity index is 0.000000148. The predicted octanol–water partition coefficient (Wildman–Crippen LogP) is 1.22. The summed E-state index contributed by atoms with van der Waals surface area (Å²) in [5, 5.41) is 0. The average Bonchev–Trinajstić information content (AvgIpc) is 2.43. The molecule has 0 aromatic carbocycles. The zero-order valence-corrected chi connectivity index (χ0v) is 6.44. The van der Waals surface area contributed by atoms with Gasteiger partial charge < -0.3 is 9.53 Å². The van der Waals surface area contributed by atoms with Crippen LogP contribution in [0.25, 0.3) is 0 Å². The number of carbonyl (C=O) groups excluding carboxylic acids is 1. The molecule has 0 aromatic heterocycles. The first-order valence-corrected chi connectivity index (χ1v) is 3.35. The number of hydrogen-bond acceptors (Lipinski definition) is 2. The van der Waals surface area contributed by atoms with Crippen molar-refractivity contribution in [2.24, 2.45) is 0 Å². The molecule has 1 aliphatic heterocycles. The summed E-state index contributed by atoms with van der Waals surface area (Å²) in [7, 11) is 0. The van der Waals surface area contributed by atoms with Gasteiger partial charge in [0.25, 0.3) is 0 Å². The van der Waals surface area contributed by atoms with Crippen molar-refractivity contribution in [2.75, 3.05) is 12.5 Å². The topological polar surface area (TPSA) is 29.6 Å². The van der Waals surface area contributed by atoms with E-state index >= 15 is 0 Å². The SMILES string of the molecule is CC(C)=O.ClCC1CO1. The molecule has 1 saturated heterocycles. The summed E-state index contributed by atoms with van der Waals surface area (Å²) in [5.41, 5.74) is 0. The molecule has 0 spiro atoms. The van der Waals surface area contributed by atoms with E-state index in [4.69, 9.17) is 16.3 Å². The van der Waals surface area contributed by atoms with E-state index in [2.05, 4.69) is 0 Å². The molecule has 1 aliphatic rings. The molecule has 0 aromatic rings. The molecule has 0 radical (unpaired) electrons. The number of hydrogen-bond donors (Lipinski definition) is 0. The molecule has 0 bridgehead atoms. The Morgan fingerprint density at radius 1 is 1.78 bits per heavy atom. The molecule has 3 heteroatoms. The van der Waals surface area contributed by atoms with Crippen LogP contribution in [0, 0.1) is 0 Å². The fourth-order valence-electron chi connectivity index (χ4n) is 0.157. The molecule has 1 unspecified atom stereocenters. The van der Waals surface area contributed by atoms with E-state index in [-0.39, 0.29) is 5.78 Å². The third-order valence-corrected chi connectivity index (χ3v) is 0.919.